The van der Waals surface area contributed by atoms with E-state index in [1.807, 2.05) is 13.8 Å². The van der Waals surface area contributed by atoms with Crippen molar-refractivity contribution in [1.29, 1.82) is 0 Å². The molecule has 5 aromatic carbocycles. The van der Waals surface area contributed by atoms with Crippen LogP contribution < -0.4 is 30.7 Å². The molecule has 21 heteroatoms. The van der Waals surface area contributed by atoms with Gasteiger partial charge in [0.2, 0.25) is 12.1 Å². The van der Waals surface area contributed by atoms with Crippen LogP contribution in [0.1, 0.15) is 102 Å². The lowest BCUT2D eigenvalue weighted by Crippen LogP contribution is -2.32. The van der Waals surface area contributed by atoms with E-state index in [9.17, 15) is 28.8 Å². The third-order valence-electron chi connectivity index (χ3n) is 10.1. The van der Waals surface area contributed by atoms with Gasteiger partial charge < -0.3 is 30.7 Å². The quantitative estimate of drug-likeness (QED) is 0.0314. The first-order chi connectivity index (χ1) is 33.7. The number of benzene rings is 5. The highest BCUT2D eigenvalue weighted by Gasteiger charge is 2.27. The molecule has 0 aliphatic heterocycles. The van der Waals surface area contributed by atoms with Gasteiger partial charge >= 0.3 is 0 Å². The Morgan fingerprint density at radius 1 is 0.507 bits per heavy atom. The molecule has 0 aliphatic rings. The van der Waals surface area contributed by atoms with Gasteiger partial charge in [0.05, 0.1) is 40.7 Å². The number of Topliss-reactive ketones (excluding diaryl/α,β-unsaturated/α-hetero) is 2. The number of ketones is 2. The smallest absolute Gasteiger partial charge is 0.258 e. The number of hydrogen-bond acceptors (Lipinski definition) is 12. The molecule has 0 spiro atoms. The van der Waals surface area contributed by atoms with Gasteiger partial charge in [-0.1, -0.05) is 35.3 Å². The highest BCUT2D eigenvalue weighted by atomic mass is 35.5. The number of rotatable bonds is 21. The lowest BCUT2D eigenvalue weighted by atomic mass is 10.1. The van der Waals surface area contributed by atoms with Crippen LogP contribution in [0.25, 0.3) is 0 Å². The molecule has 5 unspecified atom stereocenters. The summed E-state index contributed by atoms with van der Waals surface area (Å²) in [6.07, 6.45) is 0. The number of alkyl halides is 3. The van der Waals surface area contributed by atoms with Gasteiger partial charge in [0, 0.05) is 67.2 Å². The van der Waals surface area contributed by atoms with Crippen molar-refractivity contribution in [2.75, 3.05) is 34.5 Å². The number of nitrogens with one attached hydrogen (secondary N) is 4. The number of azo groups is 2. The predicted octanol–water partition coefficient (Wildman–Crippen LogP) is 13.6. The molecule has 4 amide bonds. The van der Waals surface area contributed by atoms with Gasteiger partial charge in [0.25, 0.3) is 23.6 Å². The summed E-state index contributed by atoms with van der Waals surface area (Å²) in [5.41, 5.74) is 3.47. The zero-order valence-corrected chi connectivity index (χ0v) is 43.2. The van der Waals surface area contributed by atoms with Gasteiger partial charge in [-0.05, 0) is 121 Å². The molecular weight excluding hydrogens is 1020 g/mol. The molecule has 0 saturated heterocycles. The first-order valence-corrected chi connectivity index (χ1v) is 24.0. The minimum Gasteiger partial charge on any atom is -0.493 e. The van der Waals surface area contributed by atoms with Crippen molar-refractivity contribution in [1.82, 2.24) is 0 Å². The zero-order valence-electron chi connectivity index (χ0n) is 39.4. The van der Waals surface area contributed by atoms with Gasteiger partial charge in [-0.15, -0.1) is 34.8 Å². The number of nitrogens with zero attached hydrogens (tertiary/aromatic N) is 4. The molecule has 4 N–H and O–H groups in total. The average Bonchev–Trinajstić information content (AvgIpc) is 3.29. The monoisotopic (exact) mass is 1060 g/mol. The predicted molar refractivity (Wildman–Crippen MR) is 279 cm³/mol. The molecule has 0 saturated carbocycles. The van der Waals surface area contributed by atoms with E-state index in [1.165, 1.54) is 54.6 Å². The molecule has 71 heavy (non-hydrogen) atoms. The van der Waals surface area contributed by atoms with Crippen LogP contribution in [0.3, 0.4) is 0 Å². The molecule has 16 nitrogen and oxygen atoms in total. The standard InChI is InChI=1S/C50H49Cl5N8O8/c1-8-70-43-23-35(10-13-39(43)25(3)51)56-47(66)30-16-32(54)20-37(18-30)60-62-45(28(6)64)49(68)58-34-12-15-42(41(22-34)27(5)53)59-50(69)46(29(7)65)63-61-38-19-31(17-33(55)21-38)48(67)57-36-11-14-40(26(4)52)44(24-36)71-9-2/h10-27,45-46H,8-9H2,1-7H3,(H,56,66)(H,57,67)(H,58,68)(H,59,69). The number of hydrogen-bond donors (Lipinski definition) is 4. The van der Waals surface area contributed by atoms with Gasteiger partial charge in [-0.3, -0.25) is 28.8 Å². The average molecular weight is 1070 g/mol. The largest absolute Gasteiger partial charge is 0.493 e. The van der Waals surface area contributed by atoms with Gasteiger partial charge in [-0.2, -0.15) is 20.5 Å². The first kappa shape index (κ1) is 55.5. The highest BCUT2D eigenvalue weighted by molar-refractivity contribution is 6.32. The fourth-order valence-electron chi connectivity index (χ4n) is 6.76. The Balaban J connectivity index is 1.27. The maximum Gasteiger partial charge on any atom is 0.258 e. The minimum absolute atomic E-state index is 0.0823. The summed E-state index contributed by atoms with van der Waals surface area (Å²) in [6, 6.07) is 19.7. The molecule has 0 heterocycles. The number of carbonyl (C=O) groups is 6. The third-order valence-corrected chi connectivity index (χ3v) is 11.3. The van der Waals surface area contributed by atoms with Crippen molar-refractivity contribution >= 4 is 127 Å². The summed E-state index contributed by atoms with van der Waals surface area (Å²) in [5.74, 6) is -3.04. The Hall–Kier alpha value is -6.43. The molecule has 0 bridgehead atoms. The number of carbonyl (C=O) groups excluding carboxylic acids is 6. The van der Waals surface area contributed by atoms with Crippen molar-refractivity contribution in [3.63, 3.8) is 0 Å². The summed E-state index contributed by atoms with van der Waals surface area (Å²) >= 11 is 31.8. The van der Waals surface area contributed by atoms with Crippen molar-refractivity contribution < 1.29 is 38.2 Å². The molecule has 5 atom stereocenters. The van der Waals surface area contributed by atoms with Crippen LogP contribution in [0.5, 0.6) is 11.5 Å². The van der Waals surface area contributed by atoms with E-state index in [4.69, 9.17) is 67.5 Å². The van der Waals surface area contributed by atoms with Crippen molar-refractivity contribution in [2.24, 2.45) is 20.5 Å². The molecular formula is C50H49Cl5N8O8. The van der Waals surface area contributed by atoms with Crippen LogP contribution in [0, 0.1) is 0 Å². The summed E-state index contributed by atoms with van der Waals surface area (Å²) in [4.78, 5) is 79.1. The molecule has 0 aromatic heterocycles. The Kier molecular flexibility index (Phi) is 20.0. The fourth-order valence-corrected chi connectivity index (χ4v) is 7.76. The fraction of sp³-hybridized carbons (Fsp3) is 0.280. The van der Waals surface area contributed by atoms with Gasteiger partial charge in [0.15, 0.2) is 11.6 Å². The van der Waals surface area contributed by atoms with Crippen LogP contribution in [0.2, 0.25) is 10.0 Å². The lowest BCUT2D eigenvalue weighted by Gasteiger charge is -2.17. The van der Waals surface area contributed by atoms with Crippen LogP contribution in [0.4, 0.5) is 34.1 Å². The second-order valence-corrected chi connectivity index (χ2v) is 18.6. The maximum absolute atomic E-state index is 13.6. The molecule has 372 valence electrons. The van der Waals surface area contributed by atoms with Crippen molar-refractivity contribution in [2.45, 2.75) is 76.7 Å². The van der Waals surface area contributed by atoms with E-state index in [2.05, 4.69) is 41.7 Å². The summed E-state index contributed by atoms with van der Waals surface area (Å²) in [6.45, 7) is 12.0. The van der Waals surface area contributed by atoms with E-state index < -0.39 is 52.7 Å². The number of amides is 4. The summed E-state index contributed by atoms with van der Waals surface area (Å²) < 4.78 is 11.4. The normalized spacial score (nSPS) is 13.4. The van der Waals surface area contributed by atoms with E-state index in [0.29, 0.717) is 41.7 Å². The second-order valence-electron chi connectivity index (χ2n) is 15.8. The van der Waals surface area contributed by atoms with Crippen LogP contribution in [-0.4, -0.2) is 60.5 Å². The topological polar surface area (TPSA) is 218 Å². The van der Waals surface area contributed by atoms with Crippen LogP contribution in [0.15, 0.2) is 111 Å². The molecule has 5 aromatic rings. The van der Waals surface area contributed by atoms with E-state index >= 15 is 0 Å². The maximum atomic E-state index is 13.6. The molecule has 0 aliphatic carbocycles. The number of ether oxygens (including phenoxy) is 2. The molecule has 0 fully saturated rings. The van der Waals surface area contributed by atoms with Crippen molar-refractivity contribution in [3.05, 3.63) is 129 Å². The Morgan fingerprint density at radius 3 is 1.30 bits per heavy atom. The SMILES string of the molecule is CCOc1cc(NC(=O)c2cc(Cl)cc(N=NC(C(C)=O)C(=O)Nc3ccc(NC(=O)C(N=Nc4cc(Cl)cc(C(=O)Nc5ccc(C(C)Cl)c(OCC)c5)c4)C(C)=O)c(C(C)Cl)c3)c2)ccc1C(C)Cl. The van der Waals surface area contributed by atoms with Crippen LogP contribution >= 0.6 is 58.0 Å². The highest BCUT2D eigenvalue weighted by Crippen LogP contribution is 2.35. The molecule has 0 radical (unpaired) electrons. The minimum atomic E-state index is -1.64. The van der Waals surface area contributed by atoms with Crippen LogP contribution in [-0.2, 0) is 19.2 Å². The lowest BCUT2D eigenvalue weighted by molar-refractivity contribution is -0.127. The second kappa shape index (κ2) is 25.6. The first-order valence-electron chi connectivity index (χ1n) is 22.0. The summed E-state index contributed by atoms with van der Waals surface area (Å²) in [7, 11) is 0. The Morgan fingerprint density at radius 2 is 0.901 bits per heavy atom. The summed E-state index contributed by atoms with van der Waals surface area (Å²) in [5, 5.41) is 25.9. The third kappa shape index (κ3) is 15.5. The number of anilines is 4. The number of halogens is 5. The van der Waals surface area contributed by atoms with E-state index in [1.54, 1.807) is 57.2 Å². The van der Waals surface area contributed by atoms with E-state index in [-0.39, 0.29) is 54.7 Å². The molecule has 5 rings (SSSR count). The zero-order chi connectivity index (χ0) is 52.1. The van der Waals surface area contributed by atoms with E-state index in [0.717, 1.165) is 25.0 Å². The van der Waals surface area contributed by atoms with Gasteiger partial charge in [0.1, 0.15) is 11.5 Å². The Bertz CT molecular complexity index is 2890. The Labute approximate surface area is 435 Å². The van der Waals surface area contributed by atoms with Crippen molar-refractivity contribution in [3.8, 4) is 11.5 Å². The van der Waals surface area contributed by atoms with Gasteiger partial charge in [-0.25, -0.2) is 0 Å².